The number of benzene rings is 2. The average molecular weight is 526 g/mol. The second kappa shape index (κ2) is 12.9. The maximum Gasteiger partial charge on any atom is 0.191 e. The monoisotopic (exact) mass is 526 g/mol. The lowest BCUT2D eigenvalue weighted by atomic mass is 10.1. The molecule has 164 valence electrons. The van der Waals surface area contributed by atoms with Gasteiger partial charge in [0.15, 0.2) is 5.96 Å². The Balaban J connectivity index is 0.00000320. The predicted molar refractivity (Wildman–Crippen MR) is 131 cm³/mol. The van der Waals surface area contributed by atoms with Gasteiger partial charge in [0.2, 0.25) is 0 Å². The second-order valence-corrected chi connectivity index (χ2v) is 7.34. The molecule has 1 saturated heterocycles. The van der Waals surface area contributed by atoms with E-state index >= 15 is 0 Å². The highest BCUT2D eigenvalue weighted by Gasteiger charge is 2.23. The van der Waals surface area contributed by atoms with Gasteiger partial charge in [-0.1, -0.05) is 42.5 Å². The van der Waals surface area contributed by atoms with E-state index in [1.807, 2.05) is 13.0 Å². The number of likely N-dealkylation sites (tertiary alicyclic amines) is 1. The molecule has 2 aromatic carbocycles. The standard InChI is InChI=1S/C23H31FN4O.HI/c1-2-25-23(27-17-22(29)19-10-12-20(24)13-11-19)26-16-21(28-14-6-7-15-28)18-8-4-3-5-9-18;/h3-5,8-13,21-22,29H,2,6-7,14-17H2,1H3,(H2,25,26,27);1H. The van der Waals surface area contributed by atoms with Crippen LogP contribution in [0.25, 0.3) is 0 Å². The molecule has 0 aromatic heterocycles. The van der Waals surface area contributed by atoms with Crippen LogP contribution in [0.1, 0.15) is 43.0 Å². The number of halogens is 2. The zero-order valence-electron chi connectivity index (χ0n) is 17.4. The summed E-state index contributed by atoms with van der Waals surface area (Å²) < 4.78 is 13.1. The Morgan fingerprint density at radius 2 is 1.70 bits per heavy atom. The number of guanidine groups is 1. The molecule has 0 amide bonds. The van der Waals surface area contributed by atoms with Crippen LogP contribution in [0.5, 0.6) is 0 Å². The molecule has 3 N–H and O–H groups in total. The van der Waals surface area contributed by atoms with Gasteiger partial charge in [-0.3, -0.25) is 9.89 Å². The number of nitrogens with one attached hydrogen (secondary N) is 2. The van der Waals surface area contributed by atoms with Crippen molar-refractivity contribution in [3.8, 4) is 0 Å². The van der Waals surface area contributed by atoms with E-state index in [9.17, 15) is 9.50 Å². The molecule has 0 spiro atoms. The lowest BCUT2D eigenvalue weighted by molar-refractivity contribution is 0.180. The molecule has 5 nitrogen and oxygen atoms in total. The molecule has 1 aliphatic rings. The Hall–Kier alpha value is -1.71. The van der Waals surface area contributed by atoms with Gasteiger partial charge < -0.3 is 15.7 Å². The molecule has 0 bridgehead atoms. The smallest absolute Gasteiger partial charge is 0.191 e. The van der Waals surface area contributed by atoms with Gasteiger partial charge in [-0.15, -0.1) is 24.0 Å². The van der Waals surface area contributed by atoms with Crippen molar-refractivity contribution in [2.45, 2.75) is 31.9 Å². The zero-order valence-corrected chi connectivity index (χ0v) is 19.8. The Labute approximate surface area is 195 Å². The molecule has 1 heterocycles. The molecule has 0 saturated carbocycles. The van der Waals surface area contributed by atoms with Gasteiger partial charge in [-0.2, -0.15) is 0 Å². The summed E-state index contributed by atoms with van der Waals surface area (Å²) in [7, 11) is 0. The largest absolute Gasteiger partial charge is 0.387 e. The second-order valence-electron chi connectivity index (χ2n) is 7.34. The van der Waals surface area contributed by atoms with E-state index in [2.05, 4.69) is 39.8 Å². The number of rotatable bonds is 8. The van der Waals surface area contributed by atoms with Crippen LogP contribution < -0.4 is 10.6 Å². The van der Waals surface area contributed by atoms with Crippen molar-refractivity contribution in [2.24, 2.45) is 4.99 Å². The molecule has 2 aromatic rings. The quantitative estimate of drug-likeness (QED) is 0.278. The lowest BCUT2D eigenvalue weighted by Crippen LogP contribution is -2.40. The molecule has 3 rings (SSSR count). The molecular formula is C23H32FIN4O. The Morgan fingerprint density at radius 1 is 1.03 bits per heavy atom. The van der Waals surface area contributed by atoms with Gasteiger partial charge in [0.25, 0.3) is 0 Å². The summed E-state index contributed by atoms with van der Waals surface area (Å²) in [6, 6.07) is 16.7. The van der Waals surface area contributed by atoms with E-state index in [4.69, 9.17) is 4.99 Å². The van der Waals surface area contributed by atoms with Crippen molar-refractivity contribution in [1.82, 2.24) is 15.5 Å². The van der Waals surface area contributed by atoms with Crippen molar-refractivity contribution in [3.05, 3.63) is 71.5 Å². The molecule has 1 aliphatic heterocycles. The highest BCUT2D eigenvalue weighted by molar-refractivity contribution is 14.0. The van der Waals surface area contributed by atoms with Gasteiger partial charge in [-0.25, -0.2) is 4.39 Å². The van der Waals surface area contributed by atoms with Gasteiger partial charge in [0.05, 0.1) is 18.7 Å². The van der Waals surface area contributed by atoms with Crippen LogP contribution in [0.3, 0.4) is 0 Å². The van der Waals surface area contributed by atoms with E-state index in [0.29, 0.717) is 24.6 Å². The third-order valence-electron chi connectivity index (χ3n) is 5.25. The number of nitrogens with zero attached hydrogens (tertiary/aromatic N) is 2. The first kappa shape index (κ1) is 24.6. The molecule has 1 fully saturated rings. The number of hydrogen-bond acceptors (Lipinski definition) is 3. The van der Waals surface area contributed by atoms with E-state index in [1.165, 1.54) is 30.5 Å². The Kier molecular flexibility index (Phi) is 10.5. The van der Waals surface area contributed by atoms with Gasteiger partial charge >= 0.3 is 0 Å². The van der Waals surface area contributed by atoms with Gasteiger partial charge in [-0.05, 0) is 56.1 Å². The zero-order chi connectivity index (χ0) is 20.5. The molecule has 2 unspecified atom stereocenters. The first-order valence-corrected chi connectivity index (χ1v) is 10.4. The molecule has 30 heavy (non-hydrogen) atoms. The Morgan fingerprint density at radius 3 is 2.33 bits per heavy atom. The van der Waals surface area contributed by atoms with Crippen LogP contribution in [0, 0.1) is 5.82 Å². The summed E-state index contributed by atoms with van der Waals surface area (Å²) in [5, 5.41) is 16.8. The minimum atomic E-state index is -0.733. The maximum atomic E-state index is 13.1. The van der Waals surface area contributed by atoms with E-state index < -0.39 is 6.10 Å². The van der Waals surface area contributed by atoms with Crippen molar-refractivity contribution in [3.63, 3.8) is 0 Å². The Bertz CT molecular complexity index is 767. The van der Waals surface area contributed by atoms with Crippen LogP contribution in [0.4, 0.5) is 4.39 Å². The fourth-order valence-corrected chi connectivity index (χ4v) is 3.68. The van der Waals surface area contributed by atoms with Crippen molar-refractivity contribution in [1.29, 1.82) is 0 Å². The number of aliphatic hydroxyl groups excluding tert-OH is 1. The van der Waals surface area contributed by atoms with Crippen molar-refractivity contribution < 1.29 is 9.50 Å². The van der Waals surface area contributed by atoms with Gasteiger partial charge in [0, 0.05) is 13.1 Å². The summed E-state index contributed by atoms with van der Waals surface area (Å²) >= 11 is 0. The van der Waals surface area contributed by atoms with Crippen LogP contribution >= 0.6 is 24.0 Å². The van der Waals surface area contributed by atoms with Crippen LogP contribution in [-0.2, 0) is 0 Å². The SMILES string of the molecule is CCNC(=NCC(c1ccccc1)N1CCCC1)NCC(O)c1ccc(F)cc1.I. The molecule has 0 aliphatic carbocycles. The minimum absolute atomic E-state index is 0. The predicted octanol–water partition coefficient (Wildman–Crippen LogP) is 3.87. The number of hydrogen-bond donors (Lipinski definition) is 3. The molecular weight excluding hydrogens is 494 g/mol. The van der Waals surface area contributed by atoms with E-state index in [-0.39, 0.29) is 35.8 Å². The maximum absolute atomic E-state index is 13.1. The highest BCUT2D eigenvalue weighted by Crippen LogP contribution is 2.25. The fourth-order valence-electron chi connectivity index (χ4n) is 3.68. The minimum Gasteiger partial charge on any atom is -0.387 e. The molecule has 2 atom stereocenters. The topological polar surface area (TPSA) is 59.9 Å². The van der Waals surface area contributed by atoms with Crippen molar-refractivity contribution in [2.75, 3.05) is 32.7 Å². The summed E-state index contributed by atoms with van der Waals surface area (Å²) in [4.78, 5) is 7.29. The normalized spacial score (nSPS) is 16.6. The average Bonchev–Trinajstić information content (AvgIpc) is 3.27. The summed E-state index contributed by atoms with van der Waals surface area (Å²) in [5.74, 6) is 0.367. The lowest BCUT2D eigenvalue weighted by Gasteiger charge is -2.27. The molecule has 7 heteroatoms. The van der Waals surface area contributed by atoms with E-state index in [1.54, 1.807) is 12.1 Å². The van der Waals surface area contributed by atoms with Crippen LogP contribution in [-0.4, -0.2) is 48.7 Å². The van der Waals surface area contributed by atoms with Crippen molar-refractivity contribution >= 4 is 29.9 Å². The van der Waals surface area contributed by atoms with Crippen LogP contribution in [0.15, 0.2) is 59.6 Å². The summed E-state index contributed by atoms with van der Waals surface area (Å²) in [6.45, 7) is 5.90. The number of aliphatic imine (C=N–C) groups is 1. The van der Waals surface area contributed by atoms with E-state index in [0.717, 1.165) is 19.6 Å². The third-order valence-corrected chi connectivity index (χ3v) is 5.25. The molecule has 0 radical (unpaired) electrons. The summed E-state index contributed by atoms with van der Waals surface area (Å²) in [5.41, 5.74) is 1.95. The first-order chi connectivity index (χ1) is 14.2. The highest BCUT2D eigenvalue weighted by atomic mass is 127. The van der Waals surface area contributed by atoms with Crippen LogP contribution in [0.2, 0.25) is 0 Å². The number of aliphatic hydroxyl groups is 1. The fraction of sp³-hybridized carbons (Fsp3) is 0.435. The summed E-state index contributed by atoms with van der Waals surface area (Å²) in [6.07, 6.45) is 1.73. The third kappa shape index (κ3) is 7.21. The first-order valence-electron chi connectivity index (χ1n) is 10.4. The van der Waals surface area contributed by atoms with Gasteiger partial charge in [0.1, 0.15) is 5.82 Å².